The topological polar surface area (TPSA) is 64.0 Å². The molecule has 1 unspecified atom stereocenters. The third kappa shape index (κ3) is 3.83. The maximum atomic E-state index is 13.2. The van der Waals surface area contributed by atoms with Crippen molar-refractivity contribution >= 4 is 34.3 Å². The van der Waals surface area contributed by atoms with Crippen molar-refractivity contribution in [1.82, 2.24) is 9.55 Å². The van der Waals surface area contributed by atoms with Gasteiger partial charge in [0.2, 0.25) is 5.91 Å². The van der Waals surface area contributed by atoms with Crippen LogP contribution in [-0.4, -0.2) is 20.7 Å². The van der Waals surface area contributed by atoms with Gasteiger partial charge in [-0.1, -0.05) is 54.9 Å². The van der Waals surface area contributed by atoms with Crippen molar-refractivity contribution in [2.24, 2.45) is 0 Å². The predicted octanol–water partition coefficient (Wildman–Crippen LogP) is 4.63. The number of fused-ring (bicyclic) bond motifs is 1. The van der Waals surface area contributed by atoms with Crippen LogP contribution in [0.2, 0.25) is 0 Å². The van der Waals surface area contributed by atoms with Crippen LogP contribution in [-0.2, 0) is 4.79 Å². The molecule has 1 atom stereocenters. The minimum absolute atomic E-state index is 0.00401. The van der Waals surface area contributed by atoms with Crippen LogP contribution in [0.25, 0.3) is 10.9 Å². The molecular weight excluding hydrogens is 370 g/mol. The molecule has 2 aromatic carbocycles. The second kappa shape index (κ2) is 8.19. The Morgan fingerprint density at radius 2 is 1.79 bits per heavy atom. The third-order valence-electron chi connectivity index (χ3n) is 5.16. The highest BCUT2D eigenvalue weighted by Gasteiger charge is 2.25. The summed E-state index contributed by atoms with van der Waals surface area (Å²) in [6.07, 6.45) is 4.21. The van der Waals surface area contributed by atoms with E-state index in [0.29, 0.717) is 16.1 Å². The molecule has 5 nitrogen and oxygen atoms in total. The fraction of sp³-hybridized carbons (Fsp3) is 0.318. The van der Waals surface area contributed by atoms with Crippen LogP contribution in [0.15, 0.2) is 64.5 Å². The van der Waals surface area contributed by atoms with Crippen molar-refractivity contribution in [2.45, 2.75) is 49.1 Å². The number of nitrogens with one attached hydrogen (secondary N) is 1. The fourth-order valence-electron chi connectivity index (χ4n) is 3.67. The average Bonchev–Trinajstić information content (AvgIpc) is 3.23. The predicted molar refractivity (Wildman–Crippen MR) is 114 cm³/mol. The smallest absolute Gasteiger partial charge is 0.262 e. The van der Waals surface area contributed by atoms with Crippen molar-refractivity contribution in [3.8, 4) is 0 Å². The summed E-state index contributed by atoms with van der Waals surface area (Å²) in [5, 5.41) is 3.82. The van der Waals surface area contributed by atoms with Crippen LogP contribution in [0.3, 0.4) is 0 Å². The van der Waals surface area contributed by atoms with Gasteiger partial charge >= 0.3 is 0 Å². The molecule has 6 heteroatoms. The number of amides is 1. The normalized spacial score (nSPS) is 15.6. The first kappa shape index (κ1) is 18.7. The minimum Gasteiger partial charge on any atom is -0.325 e. The second-order valence-electron chi connectivity index (χ2n) is 7.14. The lowest BCUT2D eigenvalue weighted by Crippen LogP contribution is -2.29. The fourth-order valence-corrected chi connectivity index (χ4v) is 4.65. The summed E-state index contributed by atoms with van der Waals surface area (Å²) in [6.45, 7) is 1.85. The number of hydrogen-bond donors (Lipinski definition) is 1. The maximum Gasteiger partial charge on any atom is 0.262 e. The Bertz CT molecular complexity index is 1040. The molecule has 0 spiro atoms. The van der Waals surface area contributed by atoms with Crippen LogP contribution in [0.5, 0.6) is 0 Å². The Kier molecular flexibility index (Phi) is 5.48. The summed E-state index contributed by atoms with van der Waals surface area (Å²) in [4.78, 5) is 30.6. The van der Waals surface area contributed by atoms with Gasteiger partial charge in [0.15, 0.2) is 5.16 Å². The quantitative estimate of drug-likeness (QED) is 0.507. The van der Waals surface area contributed by atoms with Crippen molar-refractivity contribution in [3.05, 3.63) is 65.0 Å². The Morgan fingerprint density at radius 1 is 1.11 bits per heavy atom. The Balaban J connectivity index is 1.66. The molecule has 4 rings (SSSR count). The summed E-state index contributed by atoms with van der Waals surface area (Å²) >= 11 is 1.35. The van der Waals surface area contributed by atoms with E-state index in [-0.39, 0.29) is 22.8 Å². The van der Waals surface area contributed by atoms with E-state index in [2.05, 4.69) is 5.32 Å². The number of aromatic nitrogens is 2. The van der Waals surface area contributed by atoms with E-state index < -0.39 is 0 Å². The lowest BCUT2D eigenvalue weighted by atomic mass is 10.2. The summed E-state index contributed by atoms with van der Waals surface area (Å²) in [6, 6.07) is 17.0. The van der Waals surface area contributed by atoms with E-state index in [0.717, 1.165) is 31.4 Å². The van der Waals surface area contributed by atoms with Crippen molar-refractivity contribution in [2.75, 3.05) is 5.32 Å². The molecule has 1 aliphatic rings. The van der Waals surface area contributed by atoms with E-state index in [9.17, 15) is 9.59 Å². The number of thioether (sulfide) groups is 1. The summed E-state index contributed by atoms with van der Waals surface area (Å²) in [5.74, 6) is -0.100. The standard InChI is InChI=1S/C22H23N3O2S/c1-15(20(26)23-16-9-3-2-4-10-16)28-22-24-19-14-8-7-13-18(19)21(27)25(22)17-11-5-6-12-17/h2-4,7-10,13-15,17H,5-6,11-12H2,1H3,(H,23,26). The lowest BCUT2D eigenvalue weighted by molar-refractivity contribution is -0.115. The monoisotopic (exact) mass is 393 g/mol. The number of carbonyl (C=O) groups is 1. The zero-order chi connectivity index (χ0) is 19.5. The number of carbonyl (C=O) groups excluding carboxylic acids is 1. The first-order valence-corrected chi connectivity index (χ1v) is 10.6. The molecule has 1 aromatic heterocycles. The van der Waals surface area contributed by atoms with E-state index in [1.807, 2.05) is 66.1 Å². The van der Waals surface area contributed by atoms with E-state index >= 15 is 0 Å². The maximum absolute atomic E-state index is 13.2. The highest BCUT2D eigenvalue weighted by Crippen LogP contribution is 2.33. The molecule has 1 saturated carbocycles. The Hall–Kier alpha value is -2.60. The van der Waals surface area contributed by atoms with Crippen LogP contribution in [0, 0.1) is 0 Å². The molecule has 1 aliphatic carbocycles. The van der Waals surface area contributed by atoms with Gasteiger partial charge in [-0.2, -0.15) is 0 Å². The average molecular weight is 394 g/mol. The first-order chi connectivity index (χ1) is 13.6. The molecule has 1 heterocycles. The van der Waals surface area contributed by atoms with Crippen LogP contribution in [0.1, 0.15) is 38.6 Å². The van der Waals surface area contributed by atoms with E-state index in [1.54, 1.807) is 0 Å². The van der Waals surface area contributed by atoms with Gasteiger partial charge in [-0.15, -0.1) is 0 Å². The molecule has 1 fully saturated rings. The van der Waals surface area contributed by atoms with Gasteiger partial charge in [-0.25, -0.2) is 4.98 Å². The summed E-state index contributed by atoms with van der Waals surface area (Å²) in [5.41, 5.74) is 1.44. The SMILES string of the molecule is CC(Sc1nc2ccccc2c(=O)n1C1CCCC1)C(=O)Nc1ccccc1. The Labute approximate surface area is 168 Å². The number of benzene rings is 2. The van der Waals surface area contributed by atoms with Crippen LogP contribution in [0.4, 0.5) is 5.69 Å². The van der Waals surface area contributed by atoms with Gasteiger partial charge in [-0.05, 0) is 44.0 Å². The van der Waals surface area contributed by atoms with Crippen molar-refractivity contribution in [3.63, 3.8) is 0 Å². The molecule has 3 aromatic rings. The highest BCUT2D eigenvalue weighted by molar-refractivity contribution is 8.00. The van der Waals surface area contributed by atoms with E-state index in [4.69, 9.17) is 4.98 Å². The molecule has 1 amide bonds. The number of rotatable bonds is 5. The van der Waals surface area contributed by atoms with Gasteiger partial charge in [-0.3, -0.25) is 14.2 Å². The minimum atomic E-state index is -0.374. The molecule has 0 aliphatic heterocycles. The van der Waals surface area contributed by atoms with Crippen molar-refractivity contribution in [1.29, 1.82) is 0 Å². The summed E-state index contributed by atoms with van der Waals surface area (Å²) < 4.78 is 1.83. The zero-order valence-corrected chi connectivity index (χ0v) is 16.6. The highest BCUT2D eigenvalue weighted by atomic mass is 32.2. The molecular formula is C22H23N3O2S. The van der Waals surface area contributed by atoms with Gasteiger partial charge in [0.1, 0.15) is 0 Å². The van der Waals surface area contributed by atoms with Crippen LogP contribution >= 0.6 is 11.8 Å². The number of para-hydroxylation sites is 2. The van der Waals surface area contributed by atoms with Gasteiger partial charge < -0.3 is 5.32 Å². The third-order valence-corrected chi connectivity index (χ3v) is 6.22. The van der Waals surface area contributed by atoms with Gasteiger partial charge in [0.05, 0.1) is 16.2 Å². The van der Waals surface area contributed by atoms with Crippen molar-refractivity contribution < 1.29 is 4.79 Å². The van der Waals surface area contributed by atoms with E-state index in [1.165, 1.54) is 11.8 Å². The number of nitrogens with zero attached hydrogens (tertiary/aromatic N) is 2. The first-order valence-electron chi connectivity index (χ1n) is 9.67. The largest absolute Gasteiger partial charge is 0.325 e. The molecule has 0 saturated heterocycles. The molecule has 28 heavy (non-hydrogen) atoms. The van der Waals surface area contributed by atoms with Crippen LogP contribution < -0.4 is 10.9 Å². The Morgan fingerprint density at radius 3 is 2.54 bits per heavy atom. The lowest BCUT2D eigenvalue weighted by Gasteiger charge is -2.20. The summed E-state index contributed by atoms with van der Waals surface area (Å²) in [7, 11) is 0. The molecule has 1 N–H and O–H groups in total. The van der Waals surface area contributed by atoms with Gasteiger partial charge in [0.25, 0.3) is 5.56 Å². The second-order valence-corrected chi connectivity index (χ2v) is 8.45. The molecule has 0 radical (unpaired) electrons. The molecule has 144 valence electrons. The zero-order valence-electron chi connectivity index (χ0n) is 15.8. The van der Waals surface area contributed by atoms with Gasteiger partial charge in [0, 0.05) is 11.7 Å². The number of anilines is 1. The number of hydrogen-bond acceptors (Lipinski definition) is 4. The molecule has 0 bridgehead atoms.